The summed E-state index contributed by atoms with van der Waals surface area (Å²) in [6.07, 6.45) is 27.1. The fourth-order valence-corrected chi connectivity index (χ4v) is 14.9. The van der Waals surface area contributed by atoms with Crippen molar-refractivity contribution in [2.45, 2.75) is 212 Å². The van der Waals surface area contributed by atoms with E-state index in [-0.39, 0.29) is 82.5 Å². The Bertz CT molecular complexity index is 4870. The number of nitrogens with one attached hydrogen (secondary N) is 8. The summed E-state index contributed by atoms with van der Waals surface area (Å²) in [6.45, 7) is 15.8. The summed E-state index contributed by atoms with van der Waals surface area (Å²) in [6, 6.07) is 27.5. The number of nitriles is 3. The van der Waals surface area contributed by atoms with Gasteiger partial charge in [-0.05, 0) is 162 Å². The number of benzene rings is 1. The maximum absolute atomic E-state index is 13.5. The number of terminal acetylenes is 1. The molecule has 0 bridgehead atoms. The molecule has 1 aromatic carbocycles. The second-order valence-electron chi connectivity index (χ2n) is 31.5. The number of fused-ring (bicyclic) bond motifs is 1. The maximum atomic E-state index is 13.5. The summed E-state index contributed by atoms with van der Waals surface area (Å²) in [4.78, 5) is 73.8. The van der Waals surface area contributed by atoms with Gasteiger partial charge in [0, 0.05) is 130 Å². The number of carbonyl (C=O) groups excluding carboxylic acids is 2. The SMILES string of the molecule is C#Cc1cnc(NCCC2C(=O)N(C)c3ccccc32)nc1N[C@@H]1C[C@H](C(N)=O)C1(C)C.CC(F)(F)c1ccnc(CCNc2ncc(C#N)c(N[C@@H]3CC[C@H](O)C(C)(C)C3)n2)c1.CCOc1cc(CCNc2ncc(C#N)c(NC3CCC(O)CC3)n2)ccn1.CCc1cccc(CCNc2ncc(C#N)c(NC3CCC(O)CC3)n2)n1. The van der Waals surface area contributed by atoms with Crippen molar-refractivity contribution < 1.29 is 38.4 Å². The van der Waals surface area contributed by atoms with Crippen LogP contribution in [0.3, 0.4) is 0 Å². The van der Waals surface area contributed by atoms with E-state index in [2.05, 4.69) is 128 Å². The number of halogens is 2. The summed E-state index contributed by atoms with van der Waals surface area (Å²) in [5.41, 5.74) is 12.5. The fraction of sp³-hybridized carbons (Fsp3) is 0.488. The van der Waals surface area contributed by atoms with Crippen LogP contribution in [0.4, 0.5) is 61.5 Å². The average Bonchev–Trinajstić information content (AvgIpc) is 0.933. The van der Waals surface area contributed by atoms with E-state index >= 15 is 0 Å². The highest BCUT2D eigenvalue weighted by atomic mass is 19.3. The van der Waals surface area contributed by atoms with E-state index in [4.69, 9.17) is 16.9 Å². The van der Waals surface area contributed by atoms with Crippen LogP contribution in [-0.4, -0.2) is 164 Å². The second kappa shape index (κ2) is 41.6. The molecule has 7 aromatic heterocycles. The van der Waals surface area contributed by atoms with Crippen molar-refractivity contribution in [3.05, 3.63) is 160 Å². The first kappa shape index (κ1) is 88.3. The lowest BCUT2D eigenvalue weighted by atomic mass is 9.58. The molecule has 5 aliphatic rings. The van der Waals surface area contributed by atoms with Gasteiger partial charge in [0.25, 0.3) is 5.92 Å². The largest absolute Gasteiger partial charge is 0.478 e. The van der Waals surface area contributed by atoms with Gasteiger partial charge < -0.3 is 73.2 Å². The smallest absolute Gasteiger partial charge is 0.270 e. The number of amides is 2. The zero-order chi connectivity index (χ0) is 84.5. The first-order valence-corrected chi connectivity index (χ1v) is 40.4. The molecule has 2 amide bonds. The molecule has 0 radical (unpaired) electrons. The van der Waals surface area contributed by atoms with Crippen LogP contribution in [-0.2, 0) is 41.2 Å². The van der Waals surface area contributed by atoms with Gasteiger partial charge in [0.15, 0.2) is 0 Å². The number of para-hydroxylation sites is 1. The zero-order valence-corrected chi connectivity index (χ0v) is 68.3. The fourth-order valence-electron chi connectivity index (χ4n) is 14.9. The van der Waals surface area contributed by atoms with Gasteiger partial charge >= 0.3 is 0 Å². The third-order valence-corrected chi connectivity index (χ3v) is 22.2. The summed E-state index contributed by atoms with van der Waals surface area (Å²) in [5, 5.41) is 83.6. The van der Waals surface area contributed by atoms with Gasteiger partial charge in [-0.3, -0.25) is 19.6 Å². The van der Waals surface area contributed by atoms with Crippen LogP contribution in [0.15, 0.2) is 104 Å². The molecule has 5 atom stereocenters. The molecule has 622 valence electrons. The second-order valence-corrected chi connectivity index (χ2v) is 31.5. The number of rotatable bonds is 29. The molecule has 0 spiro atoms. The van der Waals surface area contributed by atoms with E-state index in [9.17, 15) is 49.5 Å². The predicted octanol–water partition coefficient (Wildman–Crippen LogP) is 11.4. The molecule has 118 heavy (non-hydrogen) atoms. The van der Waals surface area contributed by atoms with E-state index < -0.39 is 5.92 Å². The lowest BCUT2D eigenvalue weighted by Gasteiger charge is -2.50. The van der Waals surface area contributed by atoms with Crippen LogP contribution in [0.1, 0.15) is 194 Å². The Hall–Kier alpha value is -12.1. The van der Waals surface area contributed by atoms with Gasteiger partial charge in [-0.15, -0.1) is 6.42 Å². The molecule has 8 heterocycles. The minimum atomic E-state index is -2.91. The molecule has 13 rings (SSSR count). The number of primary amides is 1. The molecular formula is C86H108F2N24O6. The lowest BCUT2D eigenvalue weighted by molar-refractivity contribution is -0.131. The number of hydrogen-bond acceptors (Lipinski definition) is 28. The van der Waals surface area contributed by atoms with Crippen molar-refractivity contribution in [3.8, 4) is 36.4 Å². The lowest BCUT2D eigenvalue weighted by Crippen LogP contribution is -2.58. The van der Waals surface area contributed by atoms with Crippen LogP contribution in [0.25, 0.3) is 0 Å². The number of carbonyl (C=O) groups is 2. The Morgan fingerprint density at radius 1 is 0.610 bits per heavy atom. The molecule has 30 nitrogen and oxygen atoms in total. The number of anilines is 9. The minimum absolute atomic E-state index is 0.0259. The molecular weight excluding hydrogens is 1500 g/mol. The van der Waals surface area contributed by atoms with Crippen molar-refractivity contribution in [2.75, 3.05) is 87.3 Å². The minimum Gasteiger partial charge on any atom is -0.478 e. The maximum Gasteiger partial charge on any atom is 0.270 e. The third-order valence-electron chi connectivity index (χ3n) is 22.2. The van der Waals surface area contributed by atoms with Crippen molar-refractivity contribution in [1.82, 2.24) is 54.8 Å². The molecule has 4 aliphatic carbocycles. The van der Waals surface area contributed by atoms with Crippen LogP contribution in [0.2, 0.25) is 0 Å². The number of aliphatic hydroxyl groups is 3. The van der Waals surface area contributed by atoms with E-state index in [1.165, 1.54) is 30.7 Å². The number of ether oxygens (including phenoxy) is 1. The van der Waals surface area contributed by atoms with Gasteiger partial charge in [0.05, 0.1) is 61.2 Å². The number of nitrogens with two attached hydrogens (primary N) is 1. The number of alkyl halides is 2. The van der Waals surface area contributed by atoms with E-state index in [1.807, 2.05) is 89.2 Å². The van der Waals surface area contributed by atoms with Crippen molar-refractivity contribution >= 4 is 64.6 Å². The number of nitrogens with zero attached hydrogens (tertiary/aromatic N) is 15. The first-order valence-electron chi connectivity index (χ1n) is 40.4. The molecule has 4 saturated carbocycles. The van der Waals surface area contributed by atoms with E-state index in [0.29, 0.717) is 139 Å². The number of aliphatic hydroxyl groups excluding tert-OH is 3. The quantitative estimate of drug-likeness (QED) is 0.0194. The highest BCUT2D eigenvalue weighted by molar-refractivity contribution is 6.04. The van der Waals surface area contributed by atoms with Gasteiger partial charge in [0.2, 0.25) is 41.5 Å². The van der Waals surface area contributed by atoms with Crippen molar-refractivity contribution in [2.24, 2.45) is 22.5 Å². The highest BCUT2D eigenvalue weighted by Crippen LogP contribution is 2.48. The van der Waals surface area contributed by atoms with Gasteiger partial charge in [-0.1, -0.05) is 64.8 Å². The zero-order valence-electron chi connectivity index (χ0n) is 68.3. The van der Waals surface area contributed by atoms with Gasteiger partial charge in [-0.2, -0.15) is 35.7 Å². The molecule has 4 fully saturated rings. The molecule has 32 heteroatoms. The summed E-state index contributed by atoms with van der Waals surface area (Å²) >= 11 is 0. The topological polar surface area (TPSA) is 443 Å². The molecule has 13 N–H and O–H groups in total. The predicted molar refractivity (Wildman–Crippen MR) is 449 cm³/mol. The van der Waals surface area contributed by atoms with E-state index in [0.717, 1.165) is 119 Å². The summed E-state index contributed by atoms with van der Waals surface area (Å²) in [5.74, 6) is 3.61. The van der Waals surface area contributed by atoms with Crippen LogP contribution >= 0.6 is 0 Å². The summed E-state index contributed by atoms with van der Waals surface area (Å²) in [7, 11) is 1.80. The Kier molecular flexibility index (Phi) is 31.2. The number of hydrogen-bond donors (Lipinski definition) is 12. The third kappa shape index (κ3) is 24.5. The first-order chi connectivity index (χ1) is 56.7. The normalized spacial score (nSPS) is 20.6. The van der Waals surface area contributed by atoms with Crippen molar-refractivity contribution in [3.63, 3.8) is 0 Å². The van der Waals surface area contributed by atoms with Gasteiger partial charge in [0.1, 0.15) is 58.2 Å². The standard InChI is InChI=1S/C24H28N6O2.C22H28F2N6O.C20H26N6O2.C20H26N6O/c1-5-14-13-27-23(29-21(14)28-19-12-17(20(25)31)24(19,2)3)26-11-10-16-15-8-6-7-9-18(15)30(4)22(16)32;1-21(2)11-17(4-5-18(21)31)29-19-14(12-25)13-28-20(30-19)27-9-7-16-10-15(6-8-26-16)22(3,23)24;1-2-28-18-11-14(7-9-22-18)8-10-23-20-24-13-15(12-21)19(26-20)25-16-3-5-17(27)6-4-16;1-2-15-4-3-5-16(24-15)10-11-22-20-23-13-14(12-21)19(26-20)25-17-6-8-18(27)9-7-17/h1,6-9,13,16-17,19H,10-12H2,2-4H3,(H2,25,31)(H2,26,27,28,29);6,8,10,13,17-18,31H,4-5,7,9,11H2,1-3H3,(H2,27,28,29,30);7,9,11,13,16-17,27H,2-6,8,10H2,1H3,(H2,23,24,25,26);3-5,13,17-18,27H,2,6-11H2,1H3,(H2,22,23,25,26)/t16?,17-,19-;17-,18+;;/m11../s1. The van der Waals surface area contributed by atoms with Gasteiger partial charge in [-0.25, -0.2) is 33.7 Å². The number of aromatic nitrogens is 11. The number of likely N-dealkylation sites (N-methyl/N-ethyl adjacent to an activating group) is 1. The summed E-state index contributed by atoms with van der Waals surface area (Å²) < 4.78 is 32.4. The van der Waals surface area contributed by atoms with E-state index in [1.54, 1.807) is 30.5 Å². The van der Waals surface area contributed by atoms with Crippen molar-refractivity contribution in [1.29, 1.82) is 15.8 Å². The Labute approximate surface area is 688 Å². The van der Waals surface area contributed by atoms with Crippen LogP contribution in [0, 0.1) is 63.1 Å². The Morgan fingerprint density at radius 2 is 1.11 bits per heavy atom. The number of aryl methyl sites for hydroxylation is 1. The molecule has 1 aliphatic heterocycles. The monoisotopic (exact) mass is 1610 g/mol. The average molecular weight is 1610 g/mol. The number of pyridine rings is 3. The Morgan fingerprint density at radius 3 is 1.63 bits per heavy atom. The molecule has 0 saturated heterocycles. The highest BCUT2D eigenvalue weighted by Gasteiger charge is 2.51. The van der Waals surface area contributed by atoms with Crippen LogP contribution < -0.4 is 57.9 Å². The Balaban J connectivity index is 0.000000166. The molecule has 8 aromatic rings. The molecule has 1 unspecified atom stereocenters. The van der Waals surface area contributed by atoms with Crippen LogP contribution in [0.5, 0.6) is 5.88 Å².